The van der Waals surface area contributed by atoms with Gasteiger partial charge in [-0.15, -0.1) is 0 Å². The first-order chi connectivity index (χ1) is 12.0. The van der Waals surface area contributed by atoms with Crippen LogP contribution < -0.4 is 5.32 Å². The Labute approximate surface area is 158 Å². The molecule has 3 atom stereocenters. The highest BCUT2D eigenvalue weighted by atomic mass is 79.9. The Morgan fingerprint density at radius 2 is 2.04 bits per heavy atom. The van der Waals surface area contributed by atoms with Crippen molar-refractivity contribution in [3.63, 3.8) is 0 Å². The zero-order valence-corrected chi connectivity index (χ0v) is 16.1. The zero-order chi connectivity index (χ0) is 19.7. The molecule has 0 saturated heterocycles. The fourth-order valence-corrected chi connectivity index (χ4v) is 3.95. The molecule has 0 aromatic heterocycles. The molecule has 0 bridgehead atoms. The van der Waals surface area contributed by atoms with E-state index in [9.17, 15) is 27.9 Å². The minimum atomic E-state index is -4.35. The van der Waals surface area contributed by atoms with Gasteiger partial charge in [-0.05, 0) is 55.4 Å². The lowest BCUT2D eigenvalue weighted by atomic mass is 9.69. The second-order valence-electron chi connectivity index (χ2n) is 6.99. The molecule has 1 aromatic carbocycles. The number of rotatable bonds is 4. The van der Waals surface area contributed by atoms with E-state index >= 15 is 0 Å². The molecule has 26 heavy (non-hydrogen) atoms. The monoisotopic (exact) mass is 435 g/mol. The van der Waals surface area contributed by atoms with Crippen LogP contribution in [0.25, 0.3) is 0 Å². The number of hydrogen-bond donors (Lipinski definition) is 2. The van der Waals surface area contributed by atoms with Gasteiger partial charge in [-0.3, -0.25) is 4.79 Å². The quantitative estimate of drug-likeness (QED) is 0.743. The number of amides is 1. The standard InChI is InChI=1S/C18H21BrF3NO3/c1-10-3-4-14(19)8-12(10)9-15(24)23-17(16(25)26)6-5-13(7-11(17)2)18(20,21)22/h3-4,8,11,13H,5-7,9H2,1-2H3,(H,23,24)(H,25,26)/t11-,13?,17-/m0/s1. The maximum Gasteiger partial charge on any atom is 0.391 e. The lowest BCUT2D eigenvalue weighted by molar-refractivity contribution is -0.194. The molecule has 8 heteroatoms. The van der Waals surface area contributed by atoms with Crippen molar-refractivity contribution >= 4 is 27.8 Å². The summed E-state index contributed by atoms with van der Waals surface area (Å²) in [4.78, 5) is 24.3. The molecule has 1 aliphatic carbocycles. The highest BCUT2D eigenvalue weighted by molar-refractivity contribution is 9.10. The highest BCUT2D eigenvalue weighted by Crippen LogP contribution is 2.44. The fourth-order valence-electron chi connectivity index (χ4n) is 3.54. The van der Waals surface area contributed by atoms with Crippen LogP contribution in [0.15, 0.2) is 22.7 Å². The third-order valence-corrected chi connectivity index (χ3v) is 5.73. The summed E-state index contributed by atoms with van der Waals surface area (Å²) in [5, 5.41) is 12.2. The Bertz CT molecular complexity index is 707. The van der Waals surface area contributed by atoms with E-state index in [4.69, 9.17) is 0 Å². The van der Waals surface area contributed by atoms with Gasteiger partial charge >= 0.3 is 12.1 Å². The first kappa shape index (κ1) is 20.7. The average molecular weight is 436 g/mol. The van der Waals surface area contributed by atoms with Crippen molar-refractivity contribution in [2.45, 2.75) is 51.2 Å². The minimum Gasteiger partial charge on any atom is -0.479 e. The summed E-state index contributed by atoms with van der Waals surface area (Å²) < 4.78 is 39.7. The largest absolute Gasteiger partial charge is 0.479 e. The molecule has 0 heterocycles. The van der Waals surface area contributed by atoms with E-state index in [0.717, 1.165) is 15.6 Å². The third kappa shape index (κ3) is 4.39. The van der Waals surface area contributed by atoms with E-state index in [-0.39, 0.29) is 25.7 Å². The van der Waals surface area contributed by atoms with Crippen LogP contribution in [0.3, 0.4) is 0 Å². The summed E-state index contributed by atoms with van der Waals surface area (Å²) >= 11 is 3.32. The Balaban J connectivity index is 2.16. The maximum atomic E-state index is 13.0. The van der Waals surface area contributed by atoms with Crippen LogP contribution in [0.5, 0.6) is 0 Å². The highest BCUT2D eigenvalue weighted by Gasteiger charge is 2.53. The van der Waals surface area contributed by atoms with Crippen molar-refractivity contribution < 1.29 is 27.9 Å². The SMILES string of the molecule is Cc1ccc(Br)cc1CC(=O)N[C@@]1(C(=O)O)CCC(C(F)(F)F)C[C@@H]1C. The molecule has 1 unspecified atom stereocenters. The number of halogens is 4. The molecule has 2 N–H and O–H groups in total. The Morgan fingerprint density at radius 1 is 1.38 bits per heavy atom. The van der Waals surface area contributed by atoms with Gasteiger partial charge in [0.2, 0.25) is 5.91 Å². The number of hydrogen-bond acceptors (Lipinski definition) is 2. The number of carbonyl (C=O) groups excluding carboxylic acids is 1. The van der Waals surface area contributed by atoms with Crippen LogP contribution in [0.2, 0.25) is 0 Å². The van der Waals surface area contributed by atoms with Gasteiger partial charge < -0.3 is 10.4 Å². The van der Waals surface area contributed by atoms with Crippen LogP contribution in [0.1, 0.15) is 37.3 Å². The molecule has 0 aliphatic heterocycles. The number of aryl methyl sites for hydroxylation is 1. The van der Waals surface area contributed by atoms with Gasteiger partial charge in [-0.1, -0.05) is 28.9 Å². The molecule has 2 rings (SSSR count). The first-order valence-electron chi connectivity index (χ1n) is 8.32. The van der Waals surface area contributed by atoms with E-state index in [0.29, 0.717) is 0 Å². The summed E-state index contributed by atoms with van der Waals surface area (Å²) in [5.41, 5.74) is -0.0609. The van der Waals surface area contributed by atoms with Gasteiger partial charge in [-0.2, -0.15) is 13.2 Å². The van der Waals surface area contributed by atoms with Gasteiger partial charge in [0.15, 0.2) is 0 Å². The van der Waals surface area contributed by atoms with E-state index in [1.54, 1.807) is 6.07 Å². The summed E-state index contributed by atoms with van der Waals surface area (Å²) in [6, 6.07) is 5.43. The van der Waals surface area contributed by atoms with Gasteiger partial charge in [-0.25, -0.2) is 4.79 Å². The van der Waals surface area contributed by atoms with Crippen LogP contribution in [-0.2, 0) is 16.0 Å². The molecule has 1 amide bonds. The van der Waals surface area contributed by atoms with Gasteiger partial charge in [0.05, 0.1) is 12.3 Å². The Kier molecular flexibility index (Phi) is 6.05. The molecule has 1 aliphatic rings. The number of carbonyl (C=O) groups is 2. The number of carboxylic acid groups (broad SMARTS) is 1. The lowest BCUT2D eigenvalue weighted by Crippen LogP contribution is -2.61. The van der Waals surface area contributed by atoms with Crippen molar-refractivity contribution in [2.75, 3.05) is 0 Å². The van der Waals surface area contributed by atoms with E-state index in [2.05, 4.69) is 21.2 Å². The second-order valence-corrected chi connectivity index (χ2v) is 7.90. The summed E-state index contributed by atoms with van der Waals surface area (Å²) in [7, 11) is 0. The fraction of sp³-hybridized carbons (Fsp3) is 0.556. The summed E-state index contributed by atoms with van der Waals surface area (Å²) in [6.45, 7) is 3.29. The number of nitrogens with one attached hydrogen (secondary N) is 1. The molecular weight excluding hydrogens is 415 g/mol. The Hall–Kier alpha value is -1.57. The normalized spacial score (nSPS) is 26.4. The van der Waals surface area contributed by atoms with E-state index in [1.165, 1.54) is 6.92 Å². The predicted octanol–water partition coefficient (Wildman–Crippen LogP) is 4.24. The van der Waals surface area contributed by atoms with Crippen molar-refractivity contribution in [3.05, 3.63) is 33.8 Å². The van der Waals surface area contributed by atoms with Crippen molar-refractivity contribution in [1.82, 2.24) is 5.32 Å². The molecular formula is C18H21BrF3NO3. The minimum absolute atomic E-state index is 0.0320. The molecule has 144 valence electrons. The number of alkyl halides is 3. The maximum absolute atomic E-state index is 13.0. The topological polar surface area (TPSA) is 66.4 Å². The van der Waals surface area contributed by atoms with Crippen LogP contribution in [0.4, 0.5) is 13.2 Å². The number of aliphatic carboxylic acids is 1. The number of carboxylic acids is 1. The molecule has 1 aromatic rings. The molecule has 0 radical (unpaired) electrons. The smallest absolute Gasteiger partial charge is 0.391 e. The zero-order valence-electron chi connectivity index (χ0n) is 14.5. The van der Waals surface area contributed by atoms with Crippen molar-refractivity contribution in [1.29, 1.82) is 0 Å². The molecule has 4 nitrogen and oxygen atoms in total. The first-order valence-corrected chi connectivity index (χ1v) is 9.11. The predicted molar refractivity (Wildman–Crippen MR) is 93.7 cm³/mol. The van der Waals surface area contributed by atoms with Crippen molar-refractivity contribution in [2.24, 2.45) is 11.8 Å². The van der Waals surface area contributed by atoms with Crippen LogP contribution in [0, 0.1) is 18.8 Å². The Morgan fingerprint density at radius 3 is 2.58 bits per heavy atom. The lowest BCUT2D eigenvalue weighted by Gasteiger charge is -2.43. The van der Waals surface area contributed by atoms with Crippen LogP contribution >= 0.6 is 15.9 Å². The van der Waals surface area contributed by atoms with Crippen molar-refractivity contribution in [3.8, 4) is 0 Å². The average Bonchev–Trinajstić information content (AvgIpc) is 2.51. The molecule has 1 fully saturated rings. The summed E-state index contributed by atoms with van der Waals surface area (Å²) in [5.74, 6) is -4.15. The van der Waals surface area contributed by atoms with E-state index in [1.807, 2.05) is 19.1 Å². The number of benzene rings is 1. The molecule has 1 saturated carbocycles. The van der Waals surface area contributed by atoms with Gasteiger partial charge in [0.1, 0.15) is 5.54 Å². The third-order valence-electron chi connectivity index (χ3n) is 5.24. The second kappa shape index (κ2) is 7.58. The molecule has 0 spiro atoms. The van der Waals surface area contributed by atoms with Gasteiger partial charge in [0.25, 0.3) is 0 Å². The van der Waals surface area contributed by atoms with E-state index < -0.39 is 35.4 Å². The van der Waals surface area contributed by atoms with Gasteiger partial charge in [0, 0.05) is 4.47 Å². The summed E-state index contributed by atoms with van der Waals surface area (Å²) in [6.07, 6.45) is -5.24. The van der Waals surface area contributed by atoms with Crippen LogP contribution in [-0.4, -0.2) is 28.7 Å².